The van der Waals surface area contributed by atoms with Crippen LogP contribution in [0.15, 0.2) is 53.4 Å². The Labute approximate surface area is 142 Å². The molecule has 0 saturated carbocycles. The van der Waals surface area contributed by atoms with E-state index in [4.69, 9.17) is 0 Å². The van der Waals surface area contributed by atoms with Crippen LogP contribution >= 0.6 is 0 Å². The molecule has 0 unspecified atom stereocenters. The van der Waals surface area contributed by atoms with Gasteiger partial charge in [0.05, 0.1) is 17.6 Å². The molecule has 1 atom stereocenters. The van der Waals surface area contributed by atoms with Crippen LogP contribution in [0.25, 0.3) is 0 Å². The summed E-state index contributed by atoms with van der Waals surface area (Å²) < 4.78 is 32.7. The Hall–Kier alpha value is -2.18. The third kappa shape index (κ3) is 4.01. The average Bonchev–Trinajstić information content (AvgIpc) is 2.59. The van der Waals surface area contributed by atoms with Gasteiger partial charge in [0.15, 0.2) is 0 Å². The minimum absolute atomic E-state index is 0.0393. The van der Waals surface area contributed by atoms with Gasteiger partial charge < -0.3 is 4.74 Å². The second kappa shape index (κ2) is 7.59. The molecule has 2 aromatic carbocycles. The number of hydrogen-bond acceptors (Lipinski definition) is 4. The minimum Gasteiger partial charge on any atom is -0.465 e. The van der Waals surface area contributed by atoms with E-state index in [0.29, 0.717) is 6.42 Å². The van der Waals surface area contributed by atoms with Gasteiger partial charge in [-0.3, -0.25) is 0 Å². The molecule has 2 aromatic rings. The van der Waals surface area contributed by atoms with Crippen molar-refractivity contribution in [3.8, 4) is 0 Å². The molecule has 1 N–H and O–H groups in total. The van der Waals surface area contributed by atoms with Crippen LogP contribution in [0.3, 0.4) is 0 Å². The zero-order chi connectivity index (χ0) is 17.7. The van der Waals surface area contributed by atoms with Crippen LogP contribution in [0, 0.1) is 6.92 Å². The number of esters is 1. The Morgan fingerprint density at radius 2 is 1.88 bits per heavy atom. The van der Waals surface area contributed by atoms with E-state index < -0.39 is 16.0 Å². The summed E-state index contributed by atoms with van der Waals surface area (Å²) in [5, 5.41) is 0. The molecule has 0 saturated heterocycles. The fourth-order valence-electron chi connectivity index (χ4n) is 2.51. The fraction of sp³-hybridized carbons (Fsp3) is 0.278. The summed E-state index contributed by atoms with van der Waals surface area (Å²) in [7, 11) is -2.50. The number of carbonyl (C=O) groups excluding carboxylic acids is 1. The van der Waals surface area contributed by atoms with Gasteiger partial charge in [-0.2, -0.15) is 0 Å². The Kier molecular flexibility index (Phi) is 5.75. The molecule has 0 fully saturated rings. The third-order valence-electron chi connectivity index (χ3n) is 3.83. The van der Waals surface area contributed by atoms with Crippen LogP contribution < -0.4 is 4.72 Å². The first-order chi connectivity index (χ1) is 11.4. The van der Waals surface area contributed by atoms with E-state index in [1.807, 2.05) is 38.1 Å². The van der Waals surface area contributed by atoms with Crippen LogP contribution in [0.4, 0.5) is 0 Å². The number of aryl methyl sites for hydroxylation is 1. The molecule has 5 nitrogen and oxygen atoms in total. The van der Waals surface area contributed by atoms with E-state index in [2.05, 4.69) is 9.46 Å². The summed E-state index contributed by atoms with van der Waals surface area (Å²) in [6.07, 6.45) is 0.612. The highest BCUT2D eigenvalue weighted by Gasteiger charge is 2.22. The summed E-state index contributed by atoms with van der Waals surface area (Å²) in [6.45, 7) is 3.87. The molecule has 0 heterocycles. The zero-order valence-corrected chi connectivity index (χ0v) is 14.8. The number of methoxy groups -OCH3 is 1. The van der Waals surface area contributed by atoms with Gasteiger partial charge >= 0.3 is 5.97 Å². The predicted molar refractivity (Wildman–Crippen MR) is 92.3 cm³/mol. The first kappa shape index (κ1) is 18.2. The fourth-order valence-corrected chi connectivity index (χ4v) is 3.85. The number of ether oxygens (including phenoxy) is 1. The summed E-state index contributed by atoms with van der Waals surface area (Å²) in [4.78, 5) is 11.6. The molecular weight excluding hydrogens is 326 g/mol. The van der Waals surface area contributed by atoms with Crippen LogP contribution in [0.1, 0.15) is 40.9 Å². The largest absolute Gasteiger partial charge is 0.465 e. The molecule has 2 rings (SSSR count). The van der Waals surface area contributed by atoms with Crippen LogP contribution in [0.5, 0.6) is 0 Å². The van der Waals surface area contributed by atoms with E-state index in [9.17, 15) is 13.2 Å². The Balaban J connectivity index is 2.33. The molecule has 24 heavy (non-hydrogen) atoms. The van der Waals surface area contributed by atoms with Crippen molar-refractivity contribution in [2.75, 3.05) is 7.11 Å². The number of hydrogen-bond donors (Lipinski definition) is 1. The molecule has 0 amide bonds. The van der Waals surface area contributed by atoms with Crippen LogP contribution in [-0.2, 0) is 14.8 Å². The highest BCUT2D eigenvalue weighted by Crippen LogP contribution is 2.23. The van der Waals surface area contributed by atoms with E-state index in [0.717, 1.165) is 11.1 Å². The second-order valence-electron chi connectivity index (χ2n) is 5.46. The topological polar surface area (TPSA) is 72.5 Å². The maximum atomic E-state index is 12.7. The van der Waals surface area contributed by atoms with Crippen molar-refractivity contribution >= 4 is 16.0 Å². The SMILES string of the molecule is CC[C@H](NS(=O)(=O)c1cccc(C(=O)OC)c1)c1ccccc1C. The molecule has 0 aliphatic rings. The quantitative estimate of drug-likeness (QED) is 0.815. The molecule has 6 heteroatoms. The maximum absolute atomic E-state index is 12.7. The number of carbonyl (C=O) groups is 1. The lowest BCUT2D eigenvalue weighted by Crippen LogP contribution is -2.29. The molecule has 0 aliphatic carbocycles. The summed E-state index contributed by atoms with van der Waals surface area (Å²) >= 11 is 0. The average molecular weight is 347 g/mol. The molecule has 0 bridgehead atoms. The van der Waals surface area contributed by atoms with Gasteiger partial charge in [0, 0.05) is 6.04 Å². The lowest BCUT2D eigenvalue weighted by atomic mass is 10.0. The Bertz CT molecular complexity index is 830. The van der Waals surface area contributed by atoms with Crippen molar-refractivity contribution in [1.82, 2.24) is 4.72 Å². The third-order valence-corrected chi connectivity index (χ3v) is 5.30. The van der Waals surface area contributed by atoms with Crippen molar-refractivity contribution in [2.45, 2.75) is 31.2 Å². The molecule has 0 aliphatic heterocycles. The molecular formula is C18H21NO4S. The number of sulfonamides is 1. The molecule has 128 valence electrons. The van der Waals surface area contributed by atoms with Crippen LogP contribution in [-0.4, -0.2) is 21.5 Å². The normalized spacial score (nSPS) is 12.6. The molecule has 0 spiro atoms. The van der Waals surface area contributed by atoms with Crippen LogP contribution in [0.2, 0.25) is 0 Å². The van der Waals surface area contributed by atoms with Gasteiger partial charge in [0.2, 0.25) is 10.0 Å². The van der Waals surface area contributed by atoms with E-state index >= 15 is 0 Å². The van der Waals surface area contributed by atoms with Gasteiger partial charge in [0.1, 0.15) is 0 Å². The molecule has 0 radical (unpaired) electrons. The summed E-state index contributed by atoms with van der Waals surface area (Å²) in [5.41, 5.74) is 2.16. The van der Waals surface area contributed by atoms with Gasteiger partial charge in [0.25, 0.3) is 0 Å². The standard InChI is InChI=1S/C18H21NO4S/c1-4-17(16-11-6-5-8-13(16)2)19-24(21,22)15-10-7-9-14(12-15)18(20)23-3/h5-12,17,19H,4H2,1-3H3/t17-/m0/s1. The summed E-state index contributed by atoms with van der Waals surface area (Å²) in [5.74, 6) is -0.571. The van der Waals surface area contributed by atoms with Crippen molar-refractivity contribution in [1.29, 1.82) is 0 Å². The van der Waals surface area contributed by atoms with Gasteiger partial charge in [-0.15, -0.1) is 0 Å². The van der Waals surface area contributed by atoms with E-state index in [1.54, 1.807) is 0 Å². The highest BCUT2D eigenvalue weighted by molar-refractivity contribution is 7.89. The van der Waals surface area contributed by atoms with E-state index in [-0.39, 0.29) is 16.5 Å². The van der Waals surface area contributed by atoms with Crippen molar-refractivity contribution in [3.05, 3.63) is 65.2 Å². The van der Waals surface area contributed by atoms with E-state index in [1.165, 1.54) is 31.4 Å². The first-order valence-electron chi connectivity index (χ1n) is 7.65. The minimum atomic E-state index is -3.76. The zero-order valence-electron chi connectivity index (χ0n) is 13.9. The van der Waals surface area contributed by atoms with Gasteiger partial charge in [-0.25, -0.2) is 17.9 Å². The van der Waals surface area contributed by atoms with Crippen molar-refractivity contribution in [2.24, 2.45) is 0 Å². The lowest BCUT2D eigenvalue weighted by Gasteiger charge is -2.19. The molecule has 0 aromatic heterocycles. The van der Waals surface area contributed by atoms with Gasteiger partial charge in [-0.05, 0) is 42.7 Å². The predicted octanol–water partition coefficient (Wildman–Crippen LogP) is 3.21. The number of nitrogens with one attached hydrogen (secondary N) is 1. The summed E-state index contributed by atoms with van der Waals surface area (Å²) in [6, 6.07) is 13.1. The smallest absolute Gasteiger partial charge is 0.337 e. The van der Waals surface area contributed by atoms with Gasteiger partial charge in [-0.1, -0.05) is 37.3 Å². The number of benzene rings is 2. The first-order valence-corrected chi connectivity index (χ1v) is 9.13. The second-order valence-corrected chi connectivity index (χ2v) is 7.17. The Morgan fingerprint density at radius 3 is 2.50 bits per heavy atom. The number of rotatable bonds is 6. The highest BCUT2D eigenvalue weighted by atomic mass is 32.2. The lowest BCUT2D eigenvalue weighted by molar-refractivity contribution is 0.0600. The maximum Gasteiger partial charge on any atom is 0.337 e. The Morgan fingerprint density at radius 1 is 1.17 bits per heavy atom. The van der Waals surface area contributed by atoms with Crippen molar-refractivity contribution < 1.29 is 17.9 Å². The van der Waals surface area contributed by atoms with Crippen molar-refractivity contribution in [3.63, 3.8) is 0 Å². The monoisotopic (exact) mass is 347 g/mol.